The van der Waals surface area contributed by atoms with Crippen LogP contribution in [0.2, 0.25) is 0 Å². The highest BCUT2D eigenvalue weighted by atomic mass is 16.3. The van der Waals surface area contributed by atoms with Crippen molar-refractivity contribution in [1.82, 2.24) is 35.6 Å². The number of amides is 4. The van der Waals surface area contributed by atoms with Gasteiger partial charge >= 0.3 is 0 Å². The number of hydrogen-bond donors (Lipinski definition) is 5. The second kappa shape index (κ2) is 13.9. The standard InChI is InChI=1S/C31H33N7O7/c1-18(39)25-29(43)32-13-7-5-11-21(34-26(40)20-16-33-24-12-6-8-14-38(24)31(20)44)27(41)35-22(15-19-9-3-2-4-10-19)30-36-23(17-45-30)28(42)37-25/h2-4,6,8-10,12,14,16-18,21-22,25,39H,5,7,11,13,15H2,1H3,(H,32,43)(H,34,40)(H,35,41)(H,37,42)/t18-,21+,22+,25+/m1/s1. The largest absolute Gasteiger partial charge is 0.446 e. The van der Waals surface area contributed by atoms with Gasteiger partial charge in [0.25, 0.3) is 17.4 Å². The quantitative estimate of drug-likeness (QED) is 0.214. The smallest absolute Gasteiger partial charge is 0.273 e. The maximum atomic E-state index is 13.8. The zero-order valence-corrected chi connectivity index (χ0v) is 24.4. The van der Waals surface area contributed by atoms with E-state index in [1.807, 2.05) is 30.3 Å². The first-order valence-electron chi connectivity index (χ1n) is 14.5. The van der Waals surface area contributed by atoms with Crippen LogP contribution in [0, 0.1) is 0 Å². The average molecular weight is 616 g/mol. The van der Waals surface area contributed by atoms with E-state index >= 15 is 0 Å². The summed E-state index contributed by atoms with van der Waals surface area (Å²) in [6.45, 7) is 1.56. The molecule has 2 bridgehead atoms. The van der Waals surface area contributed by atoms with Crippen molar-refractivity contribution in [2.24, 2.45) is 0 Å². The highest BCUT2D eigenvalue weighted by Gasteiger charge is 2.31. The van der Waals surface area contributed by atoms with Crippen LogP contribution in [0.25, 0.3) is 5.65 Å². The first-order chi connectivity index (χ1) is 21.7. The van der Waals surface area contributed by atoms with Crippen LogP contribution in [0.15, 0.2) is 76.4 Å². The van der Waals surface area contributed by atoms with Gasteiger partial charge in [-0.05, 0) is 43.9 Å². The van der Waals surface area contributed by atoms with Crippen LogP contribution in [0.3, 0.4) is 0 Å². The zero-order chi connectivity index (χ0) is 31.9. The van der Waals surface area contributed by atoms with E-state index in [1.54, 1.807) is 18.2 Å². The van der Waals surface area contributed by atoms with E-state index < -0.39 is 53.4 Å². The van der Waals surface area contributed by atoms with Gasteiger partial charge in [-0.3, -0.25) is 28.4 Å². The highest BCUT2D eigenvalue weighted by Crippen LogP contribution is 2.20. The number of nitrogens with one attached hydrogen (secondary N) is 4. The fourth-order valence-electron chi connectivity index (χ4n) is 4.98. The molecule has 0 aliphatic carbocycles. The van der Waals surface area contributed by atoms with Crippen LogP contribution in [0.5, 0.6) is 0 Å². The molecule has 0 radical (unpaired) electrons. The van der Waals surface area contributed by atoms with Crippen molar-refractivity contribution < 1.29 is 28.7 Å². The molecule has 5 rings (SSSR count). The van der Waals surface area contributed by atoms with Gasteiger partial charge in [0.05, 0.1) is 6.10 Å². The first kappa shape index (κ1) is 31.1. The van der Waals surface area contributed by atoms with Crippen molar-refractivity contribution >= 4 is 29.3 Å². The van der Waals surface area contributed by atoms with E-state index in [0.717, 1.165) is 11.8 Å². The maximum Gasteiger partial charge on any atom is 0.273 e. The SMILES string of the molecule is C[C@@H](O)[C@@H]1NC(=O)c2coc(n2)[C@H](Cc2ccccc2)NC(=O)[C@@H](NC(=O)c2cnc3ccccn3c2=O)CCCCNC1=O. The van der Waals surface area contributed by atoms with Crippen molar-refractivity contribution in [3.05, 3.63) is 100 Å². The van der Waals surface area contributed by atoms with Crippen LogP contribution in [-0.4, -0.2) is 67.8 Å². The number of oxazole rings is 1. The van der Waals surface area contributed by atoms with Gasteiger partial charge in [0.1, 0.15) is 35.6 Å². The molecule has 1 aromatic carbocycles. The molecule has 4 aromatic rings. The Morgan fingerprint density at radius 2 is 1.84 bits per heavy atom. The van der Waals surface area contributed by atoms with Gasteiger partial charge in [-0.2, -0.15) is 0 Å². The Balaban J connectivity index is 1.45. The minimum Gasteiger partial charge on any atom is -0.446 e. The summed E-state index contributed by atoms with van der Waals surface area (Å²) < 4.78 is 6.86. The molecule has 45 heavy (non-hydrogen) atoms. The predicted octanol–water partition coefficient (Wildman–Crippen LogP) is 0.660. The van der Waals surface area contributed by atoms with Gasteiger partial charge in [0.15, 0.2) is 5.69 Å². The molecule has 234 valence electrons. The van der Waals surface area contributed by atoms with Crippen LogP contribution in [-0.2, 0) is 16.0 Å². The summed E-state index contributed by atoms with van der Waals surface area (Å²) in [6.07, 6.45) is 3.79. The summed E-state index contributed by atoms with van der Waals surface area (Å²) in [5, 5.41) is 20.9. The van der Waals surface area contributed by atoms with Gasteiger partial charge in [-0.1, -0.05) is 36.4 Å². The Hall–Kier alpha value is -5.37. The molecule has 14 nitrogen and oxygen atoms in total. The van der Waals surface area contributed by atoms with Crippen LogP contribution in [0.4, 0.5) is 0 Å². The Labute approximate surface area is 257 Å². The summed E-state index contributed by atoms with van der Waals surface area (Å²) in [6, 6.07) is 11.0. The molecule has 1 aliphatic rings. The summed E-state index contributed by atoms with van der Waals surface area (Å²) >= 11 is 0. The van der Waals surface area contributed by atoms with Gasteiger partial charge in [0, 0.05) is 25.4 Å². The summed E-state index contributed by atoms with van der Waals surface area (Å²) in [5.41, 5.74) is 0.220. The molecule has 4 atom stereocenters. The number of aliphatic hydroxyl groups is 1. The number of nitrogens with zero attached hydrogens (tertiary/aromatic N) is 3. The van der Waals surface area contributed by atoms with Crippen LogP contribution in [0.1, 0.15) is 64.5 Å². The maximum absolute atomic E-state index is 13.8. The number of carbonyl (C=O) groups excluding carboxylic acids is 4. The van der Waals surface area contributed by atoms with Crippen LogP contribution >= 0.6 is 0 Å². The Bertz CT molecular complexity index is 1750. The highest BCUT2D eigenvalue weighted by molar-refractivity contribution is 5.97. The number of fused-ring (bicyclic) bond motifs is 3. The van der Waals surface area contributed by atoms with Gasteiger partial charge in [0.2, 0.25) is 17.7 Å². The molecule has 0 saturated heterocycles. The third kappa shape index (κ3) is 7.41. The van der Waals surface area contributed by atoms with E-state index in [-0.39, 0.29) is 36.5 Å². The Morgan fingerprint density at radius 3 is 2.62 bits per heavy atom. The normalized spacial score (nSPS) is 20.5. The number of benzene rings is 1. The van der Waals surface area contributed by atoms with Crippen molar-refractivity contribution in [1.29, 1.82) is 0 Å². The van der Waals surface area contributed by atoms with Crippen molar-refractivity contribution in [2.45, 2.75) is 56.8 Å². The lowest BCUT2D eigenvalue weighted by molar-refractivity contribution is -0.125. The minimum atomic E-state index is -1.24. The number of aromatic nitrogens is 3. The molecule has 4 heterocycles. The van der Waals surface area contributed by atoms with Crippen molar-refractivity contribution in [3.63, 3.8) is 0 Å². The lowest BCUT2D eigenvalue weighted by Gasteiger charge is -2.23. The molecule has 0 spiro atoms. The second-order valence-electron chi connectivity index (χ2n) is 10.7. The van der Waals surface area contributed by atoms with Gasteiger partial charge in [-0.15, -0.1) is 0 Å². The molecule has 0 saturated carbocycles. The topological polar surface area (TPSA) is 197 Å². The minimum absolute atomic E-state index is 0.0181. The molecule has 0 unspecified atom stereocenters. The third-order valence-electron chi connectivity index (χ3n) is 7.40. The van der Waals surface area contributed by atoms with Gasteiger partial charge < -0.3 is 30.8 Å². The molecular formula is C31H33N7O7. The van der Waals surface area contributed by atoms with Crippen molar-refractivity contribution in [3.8, 4) is 0 Å². The lowest BCUT2D eigenvalue weighted by atomic mass is 10.0. The summed E-state index contributed by atoms with van der Waals surface area (Å²) in [5.74, 6) is -2.66. The summed E-state index contributed by atoms with van der Waals surface area (Å²) in [7, 11) is 0. The first-order valence-corrected chi connectivity index (χ1v) is 14.5. The van der Waals surface area contributed by atoms with Crippen LogP contribution < -0.4 is 26.8 Å². The average Bonchev–Trinajstić information content (AvgIpc) is 3.53. The molecule has 3 aromatic heterocycles. The fraction of sp³-hybridized carbons (Fsp3) is 0.323. The molecule has 4 amide bonds. The molecule has 14 heteroatoms. The number of carbonyl (C=O) groups is 4. The third-order valence-corrected chi connectivity index (χ3v) is 7.40. The van der Waals surface area contributed by atoms with Crippen molar-refractivity contribution in [2.75, 3.05) is 6.54 Å². The predicted molar refractivity (Wildman–Crippen MR) is 160 cm³/mol. The Morgan fingerprint density at radius 1 is 1.07 bits per heavy atom. The molecule has 0 fully saturated rings. The lowest BCUT2D eigenvalue weighted by Crippen LogP contribution is -2.52. The number of pyridine rings is 1. The summed E-state index contributed by atoms with van der Waals surface area (Å²) in [4.78, 5) is 74.3. The van der Waals surface area contributed by atoms with E-state index in [1.165, 1.54) is 23.7 Å². The number of rotatable bonds is 5. The van der Waals surface area contributed by atoms with E-state index in [2.05, 4.69) is 31.2 Å². The van der Waals surface area contributed by atoms with E-state index in [9.17, 15) is 29.1 Å². The monoisotopic (exact) mass is 615 g/mol. The molecule has 1 aliphatic heterocycles. The second-order valence-corrected chi connectivity index (χ2v) is 10.7. The van der Waals surface area contributed by atoms with E-state index in [0.29, 0.717) is 18.5 Å². The molecular weight excluding hydrogens is 582 g/mol. The van der Waals surface area contributed by atoms with E-state index in [4.69, 9.17) is 4.42 Å². The fourth-order valence-corrected chi connectivity index (χ4v) is 4.98. The van der Waals surface area contributed by atoms with Gasteiger partial charge in [-0.25, -0.2) is 9.97 Å². The molecule has 5 N–H and O–H groups in total. The number of aliphatic hydroxyl groups excluding tert-OH is 1. The number of hydrogen-bond acceptors (Lipinski definition) is 9. The zero-order valence-electron chi connectivity index (χ0n) is 24.4. The Kier molecular flexibility index (Phi) is 9.63.